The van der Waals surface area contributed by atoms with Crippen molar-refractivity contribution in [3.05, 3.63) is 24.3 Å². The zero-order valence-electron chi connectivity index (χ0n) is 20.8. The van der Waals surface area contributed by atoms with Crippen molar-refractivity contribution in [2.45, 2.75) is 72.6 Å². The fourth-order valence-electron chi connectivity index (χ4n) is 3.56. The molecule has 1 saturated heterocycles. The van der Waals surface area contributed by atoms with Crippen molar-refractivity contribution in [1.29, 1.82) is 0 Å². The number of carbonyl (C=O) groups excluding carboxylic acids is 1. The molecule has 0 radical (unpaired) electrons. The molecule has 0 aliphatic carbocycles. The highest BCUT2D eigenvalue weighted by atomic mass is 35.5. The summed E-state index contributed by atoms with van der Waals surface area (Å²) in [5.74, 6) is 1.53. The Bertz CT molecular complexity index is 460. The molecule has 6 heteroatoms. The summed E-state index contributed by atoms with van der Waals surface area (Å²) >= 11 is 5.60. The molecule has 0 aromatic carbocycles. The van der Waals surface area contributed by atoms with Crippen molar-refractivity contribution in [2.24, 2.45) is 16.8 Å². The van der Waals surface area contributed by atoms with Gasteiger partial charge >= 0.3 is 0 Å². The summed E-state index contributed by atoms with van der Waals surface area (Å²) in [7, 11) is 1.72. The number of carbonyl (C=O) groups is 1. The first-order valence-electron chi connectivity index (χ1n) is 12.2. The van der Waals surface area contributed by atoms with E-state index in [-0.39, 0.29) is 5.91 Å². The average Bonchev–Trinajstić information content (AvgIpc) is 2.82. The third kappa shape index (κ3) is 19.1. The summed E-state index contributed by atoms with van der Waals surface area (Å²) in [5, 5.41) is 5.94. The van der Waals surface area contributed by atoms with E-state index in [0.29, 0.717) is 25.4 Å². The summed E-state index contributed by atoms with van der Waals surface area (Å²) in [6.07, 6.45) is 13.2. The van der Waals surface area contributed by atoms with Gasteiger partial charge in [-0.2, -0.15) is 0 Å². The van der Waals surface area contributed by atoms with Gasteiger partial charge in [-0.1, -0.05) is 51.4 Å². The van der Waals surface area contributed by atoms with Gasteiger partial charge in [0.05, 0.1) is 6.34 Å². The van der Waals surface area contributed by atoms with Crippen molar-refractivity contribution >= 4 is 23.8 Å². The van der Waals surface area contributed by atoms with Crippen molar-refractivity contribution in [1.82, 2.24) is 15.5 Å². The largest absolute Gasteiger partial charge is 0.375 e. The summed E-state index contributed by atoms with van der Waals surface area (Å²) in [4.78, 5) is 18.2. The lowest BCUT2D eigenvalue weighted by Crippen LogP contribution is -2.36. The molecule has 0 aromatic rings. The molecule has 1 unspecified atom stereocenters. The van der Waals surface area contributed by atoms with Crippen LogP contribution in [0.5, 0.6) is 0 Å². The fourth-order valence-corrected chi connectivity index (χ4v) is 3.69. The highest BCUT2D eigenvalue weighted by Crippen LogP contribution is 2.27. The monoisotopic (exact) mass is 456 g/mol. The topological polar surface area (TPSA) is 56.7 Å². The fraction of sp³-hybridized carbons (Fsp3) is 0.760. The van der Waals surface area contributed by atoms with Crippen LogP contribution in [0.1, 0.15) is 72.6 Å². The summed E-state index contributed by atoms with van der Waals surface area (Å²) in [5.41, 5.74) is 1.61. The van der Waals surface area contributed by atoms with Crippen molar-refractivity contribution in [3.63, 3.8) is 0 Å². The van der Waals surface area contributed by atoms with E-state index in [9.17, 15) is 4.79 Å². The number of amides is 1. The lowest BCUT2D eigenvalue weighted by atomic mass is 9.85. The van der Waals surface area contributed by atoms with Crippen LogP contribution in [0.3, 0.4) is 0 Å². The van der Waals surface area contributed by atoms with E-state index in [4.69, 9.17) is 11.6 Å². The summed E-state index contributed by atoms with van der Waals surface area (Å²) < 4.78 is 0. The predicted octanol–water partition coefficient (Wildman–Crippen LogP) is 5.62. The van der Waals surface area contributed by atoms with E-state index in [2.05, 4.69) is 33.2 Å². The van der Waals surface area contributed by atoms with Crippen molar-refractivity contribution < 1.29 is 4.79 Å². The van der Waals surface area contributed by atoms with Crippen LogP contribution in [0.25, 0.3) is 0 Å². The summed E-state index contributed by atoms with van der Waals surface area (Å²) in [6.45, 7) is 16.7. The van der Waals surface area contributed by atoms with Crippen molar-refractivity contribution in [2.75, 3.05) is 39.8 Å². The second-order valence-corrected chi connectivity index (χ2v) is 7.50. The van der Waals surface area contributed by atoms with Crippen molar-refractivity contribution in [3.8, 4) is 0 Å². The molecular weight excluding hydrogens is 408 g/mol. The number of hydrogen-bond donors (Lipinski definition) is 2. The maximum absolute atomic E-state index is 11.8. The number of hydrogen-bond acceptors (Lipinski definition) is 3. The minimum atomic E-state index is 0.139. The van der Waals surface area contributed by atoms with E-state index in [0.717, 1.165) is 44.8 Å². The Hall–Kier alpha value is -1.33. The zero-order chi connectivity index (χ0) is 23.7. The van der Waals surface area contributed by atoms with Crippen LogP contribution < -0.4 is 10.6 Å². The molecule has 1 heterocycles. The number of allylic oxidation sites excluding steroid dienone is 2. The number of rotatable bonds is 14. The Labute approximate surface area is 197 Å². The van der Waals surface area contributed by atoms with E-state index in [1.807, 2.05) is 33.8 Å². The smallest absolute Gasteiger partial charge is 0.220 e. The molecule has 1 atom stereocenters. The first-order valence-corrected chi connectivity index (χ1v) is 12.6. The van der Waals surface area contributed by atoms with Crippen LogP contribution in [-0.4, -0.2) is 56.9 Å². The summed E-state index contributed by atoms with van der Waals surface area (Å²) in [6, 6.07) is 0. The van der Waals surface area contributed by atoms with Crippen LogP contribution >= 0.6 is 11.6 Å². The molecule has 1 amide bonds. The molecule has 0 bridgehead atoms. The van der Waals surface area contributed by atoms with E-state index in [1.165, 1.54) is 19.3 Å². The zero-order valence-corrected chi connectivity index (χ0v) is 21.6. The number of halogens is 1. The minimum Gasteiger partial charge on any atom is -0.375 e. The highest BCUT2D eigenvalue weighted by Gasteiger charge is 2.21. The Morgan fingerprint density at radius 1 is 1.23 bits per heavy atom. The Balaban J connectivity index is 0. The van der Waals surface area contributed by atoms with Gasteiger partial charge in [0.2, 0.25) is 5.91 Å². The van der Waals surface area contributed by atoms with Crippen LogP contribution in [0.15, 0.2) is 29.3 Å². The second kappa shape index (κ2) is 24.9. The SMILES string of the molecule is C=CC(CC/C=C/Cl)CC1CCN(CCCC(=O)NCCNC=NC)CC1.CC.CC. The normalized spacial score (nSPS) is 15.5. The van der Waals surface area contributed by atoms with Gasteiger partial charge in [0.15, 0.2) is 0 Å². The van der Waals surface area contributed by atoms with Crippen LogP contribution in [0.4, 0.5) is 0 Å². The maximum Gasteiger partial charge on any atom is 0.220 e. The highest BCUT2D eigenvalue weighted by molar-refractivity contribution is 6.25. The number of aliphatic imine (C=N–C) groups is 1. The van der Waals surface area contributed by atoms with E-state index >= 15 is 0 Å². The molecule has 1 fully saturated rings. The number of nitrogens with one attached hydrogen (secondary N) is 2. The van der Waals surface area contributed by atoms with Gasteiger partial charge in [0.25, 0.3) is 0 Å². The molecule has 31 heavy (non-hydrogen) atoms. The van der Waals surface area contributed by atoms with Gasteiger partial charge < -0.3 is 15.5 Å². The quantitative estimate of drug-likeness (QED) is 0.154. The van der Waals surface area contributed by atoms with Crippen LogP contribution in [-0.2, 0) is 4.79 Å². The molecule has 1 rings (SSSR count). The van der Waals surface area contributed by atoms with Crippen LogP contribution in [0, 0.1) is 11.8 Å². The van der Waals surface area contributed by atoms with Gasteiger partial charge in [-0.3, -0.25) is 9.79 Å². The molecule has 0 saturated carbocycles. The first kappa shape index (κ1) is 31.9. The Morgan fingerprint density at radius 2 is 1.90 bits per heavy atom. The number of likely N-dealkylation sites (tertiary alicyclic amines) is 1. The molecule has 5 nitrogen and oxygen atoms in total. The van der Waals surface area contributed by atoms with Gasteiger partial charge in [0, 0.05) is 32.1 Å². The Kier molecular flexibility index (Phi) is 25.6. The third-order valence-corrected chi connectivity index (χ3v) is 5.34. The van der Waals surface area contributed by atoms with Gasteiger partial charge in [0.1, 0.15) is 0 Å². The molecule has 1 aliphatic heterocycles. The minimum absolute atomic E-state index is 0.139. The van der Waals surface area contributed by atoms with Gasteiger partial charge in [-0.15, -0.1) is 6.58 Å². The molecule has 1 aliphatic rings. The molecule has 0 aromatic heterocycles. The number of piperidine rings is 1. The van der Waals surface area contributed by atoms with E-state index in [1.54, 1.807) is 18.9 Å². The lowest BCUT2D eigenvalue weighted by molar-refractivity contribution is -0.121. The maximum atomic E-state index is 11.8. The molecule has 2 N–H and O–H groups in total. The first-order chi connectivity index (χ1) is 15.2. The Morgan fingerprint density at radius 3 is 2.48 bits per heavy atom. The van der Waals surface area contributed by atoms with Gasteiger partial charge in [-0.05, 0) is 70.0 Å². The average molecular weight is 457 g/mol. The van der Waals surface area contributed by atoms with E-state index < -0.39 is 0 Å². The molecule has 182 valence electrons. The second-order valence-electron chi connectivity index (χ2n) is 7.25. The third-order valence-electron chi connectivity index (χ3n) is 5.16. The molecule has 0 spiro atoms. The predicted molar refractivity (Wildman–Crippen MR) is 139 cm³/mol. The number of nitrogens with zero attached hydrogens (tertiary/aromatic N) is 2. The lowest BCUT2D eigenvalue weighted by Gasteiger charge is -2.33. The molecular formula is C25H49ClN4O. The van der Waals surface area contributed by atoms with Crippen LogP contribution in [0.2, 0.25) is 0 Å². The van der Waals surface area contributed by atoms with Gasteiger partial charge in [-0.25, -0.2) is 0 Å². The standard InChI is InChI=1S/C21H37ClN4O.2C2H6/c1-3-19(7-4-5-11-22)17-20-9-15-26(16-10-20)14-6-8-21(27)25-13-12-24-18-23-2;2*1-2/h3,5,11,18-20H,1,4,6-10,12-17H2,2H3,(H,23,24)(H,25,27);2*1-2H3/b11-5+;;.